The first-order chi connectivity index (χ1) is 7.80. The molecule has 1 aromatic rings. The van der Waals surface area contributed by atoms with Crippen molar-refractivity contribution in [2.75, 3.05) is 0 Å². The largest absolute Gasteiger partial charge is 0.392 e. The molecule has 0 atom stereocenters. The Hall–Kier alpha value is -0.430. The van der Waals surface area contributed by atoms with Gasteiger partial charge in [0.1, 0.15) is 4.21 Å². The number of sulfonamides is 1. The maximum absolute atomic E-state index is 12.1. The highest BCUT2D eigenvalue weighted by Crippen LogP contribution is 2.23. The lowest BCUT2D eigenvalue weighted by atomic mass is 10.0. The van der Waals surface area contributed by atoms with Gasteiger partial charge in [-0.15, -0.1) is 11.3 Å². The van der Waals surface area contributed by atoms with Gasteiger partial charge in [0.2, 0.25) is 0 Å². The van der Waals surface area contributed by atoms with Gasteiger partial charge in [-0.25, -0.2) is 13.1 Å². The van der Waals surface area contributed by atoms with Crippen LogP contribution in [0.3, 0.4) is 0 Å². The van der Waals surface area contributed by atoms with Crippen molar-refractivity contribution in [2.45, 2.75) is 50.0 Å². The molecule has 17 heavy (non-hydrogen) atoms. The fourth-order valence-electron chi connectivity index (χ4n) is 1.67. The van der Waals surface area contributed by atoms with Crippen molar-refractivity contribution in [3.8, 4) is 0 Å². The molecule has 1 aromatic heterocycles. The van der Waals surface area contributed by atoms with Crippen molar-refractivity contribution < 1.29 is 13.5 Å². The van der Waals surface area contributed by atoms with Gasteiger partial charge in [0.05, 0.1) is 6.61 Å². The van der Waals surface area contributed by atoms with Crippen LogP contribution in [0.2, 0.25) is 0 Å². The molecule has 0 aliphatic rings. The zero-order valence-electron chi connectivity index (χ0n) is 10.4. The third kappa shape index (κ3) is 4.06. The minimum atomic E-state index is -3.47. The summed E-state index contributed by atoms with van der Waals surface area (Å²) < 4.78 is 27.1. The van der Waals surface area contributed by atoms with Gasteiger partial charge >= 0.3 is 0 Å². The van der Waals surface area contributed by atoms with Gasteiger partial charge in [0, 0.05) is 5.54 Å². The second kappa shape index (κ2) is 5.48. The van der Waals surface area contributed by atoms with E-state index in [9.17, 15) is 8.42 Å². The Bertz CT molecular complexity index is 463. The third-order valence-electron chi connectivity index (χ3n) is 2.36. The first-order valence-electron chi connectivity index (χ1n) is 5.53. The number of aliphatic hydroxyl groups is 1. The molecule has 0 saturated heterocycles. The highest BCUT2D eigenvalue weighted by Gasteiger charge is 2.26. The van der Waals surface area contributed by atoms with Gasteiger partial charge in [-0.3, -0.25) is 0 Å². The van der Waals surface area contributed by atoms with Crippen molar-refractivity contribution in [2.24, 2.45) is 0 Å². The smallest absolute Gasteiger partial charge is 0.250 e. The minimum Gasteiger partial charge on any atom is -0.392 e. The van der Waals surface area contributed by atoms with Crippen molar-refractivity contribution in [3.05, 3.63) is 17.0 Å². The van der Waals surface area contributed by atoms with Gasteiger partial charge in [-0.2, -0.15) is 0 Å². The molecule has 0 spiro atoms. The van der Waals surface area contributed by atoms with E-state index in [0.29, 0.717) is 5.56 Å². The lowest BCUT2D eigenvalue weighted by Gasteiger charge is -2.24. The van der Waals surface area contributed by atoms with Crippen LogP contribution in [-0.2, 0) is 16.6 Å². The monoisotopic (exact) mass is 277 g/mol. The molecule has 98 valence electrons. The molecule has 6 heteroatoms. The Kier molecular flexibility index (Phi) is 4.71. The summed E-state index contributed by atoms with van der Waals surface area (Å²) in [6, 6.07) is 1.51. The fraction of sp³-hybridized carbons (Fsp3) is 0.636. The first kappa shape index (κ1) is 14.6. The van der Waals surface area contributed by atoms with E-state index in [-0.39, 0.29) is 10.8 Å². The van der Waals surface area contributed by atoms with E-state index in [1.165, 1.54) is 6.07 Å². The first-order valence-corrected chi connectivity index (χ1v) is 7.89. The van der Waals surface area contributed by atoms with Gasteiger partial charge < -0.3 is 5.11 Å². The Morgan fingerprint density at radius 2 is 2.12 bits per heavy atom. The molecular weight excluding hydrogens is 258 g/mol. The number of thiophene rings is 1. The lowest BCUT2D eigenvalue weighted by Crippen LogP contribution is -2.42. The maximum atomic E-state index is 12.1. The molecule has 0 bridgehead atoms. The van der Waals surface area contributed by atoms with Gasteiger partial charge in [-0.1, -0.05) is 13.3 Å². The maximum Gasteiger partial charge on any atom is 0.250 e. The predicted molar refractivity (Wildman–Crippen MR) is 69.6 cm³/mol. The predicted octanol–water partition coefficient (Wildman–Crippen LogP) is 2.10. The van der Waals surface area contributed by atoms with E-state index in [2.05, 4.69) is 4.72 Å². The zero-order chi connectivity index (χ0) is 13.1. The normalized spacial score (nSPS) is 12.9. The summed E-state index contributed by atoms with van der Waals surface area (Å²) in [6.45, 7) is 5.62. The van der Waals surface area contributed by atoms with E-state index >= 15 is 0 Å². The van der Waals surface area contributed by atoms with Crippen LogP contribution in [0.1, 0.15) is 39.2 Å². The van der Waals surface area contributed by atoms with E-state index < -0.39 is 15.6 Å². The second-order valence-corrected chi connectivity index (χ2v) is 7.49. The molecule has 0 aromatic carbocycles. The summed E-state index contributed by atoms with van der Waals surface area (Å²) in [4.78, 5) is 0. The highest BCUT2D eigenvalue weighted by atomic mass is 32.2. The number of nitrogens with one attached hydrogen (secondary N) is 1. The lowest BCUT2D eigenvalue weighted by molar-refractivity contribution is 0.282. The minimum absolute atomic E-state index is 0.135. The van der Waals surface area contributed by atoms with Crippen LogP contribution in [0.4, 0.5) is 0 Å². The number of hydrogen-bond donors (Lipinski definition) is 2. The Balaban J connectivity index is 2.88. The van der Waals surface area contributed by atoms with E-state index in [4.69, 9.17) is 5.11 Å². The second-order valence-electron chi connectivity index (χ2n) is 4.67. The van der Waals surface area contributed by atoms with Crippen LogP contribution in [0.5, 0.6) is 0 Å². The van der Waals surface area contributed by atoms with Crippen molar-refractivity contribution in [1.82, 2.24) is 4.72 Å². The quantitative estimate of drug-likeness (QED) is 0.837. The average molecular weight is 277 g/mol. The molecule has 0 aliphatic heterocycles. The number of rotatable bonds is 6. The van der Waals surface area contributed by atoms with Crippen molar-refractivity contribution in [3.63, 3.8) is 0 Å². The molecule has 4 nitrogen and oxygen atoms in total. The molecule has 0 amide bonds. The van der Waals surface area contributed by atoms with Gasteiger partial charge in [0.15, 0.2) is 0 Å². The van der Waals surface area contributed by atoms with Crippen molar-refractivity contribution in [1.29, 1.82) is 0 Å². The van der Waals surface area contributed by atoms with Gasteiger partial charge in [0.25, 0.3) is 10.0 Å². The summed E-state index contributed by atoms with van der Waals surface area (Å²) >= 11 is 1.13. The molecule has 1 heterocycles. The Morgan fingerprint density at radius 3 is 2.59 bits per heavy atom. The summed E-state index contributed by atoms with van der Waals surface area (Å²) in [6.07, 6.45) is 1.70. The van der Waals surface area contributed by atoms with Crippen LogP contribution in [0.15, 0.2) is 15.7 Å². The molecule has 0 aliphatic carbocycles. The Labute approximate surface area is 107 Å². The van der Waals surface area contributed by atoms with E-state index in [0.717, 1.165) is 24.2 Å². The third-order valence-corrected chi connectivity index (χ3v) is 5.55. The van der Waals surface area contributed by atoms with E-state index in [1.807, 2.05) is 20.8 Å². The number of hydrogen-bond acceptors (Lipinski definition) is 4. The number of aliphatic hydroxyl groups excluding tert-OH is 1. The summed E-state index contributed by atoms with van der Waals surface area (Å²) in [7, 11) is -3.47. The molecule has 0 radical (unpaired) electrons. The highest BCUT2D eigenvalue weighted by molar-refractivity contribution is 7.91. The Morgan fingerprint density at radius 1 is 1.47 bits per heavy atom. The molecular formula is C11H19NO3S2. The van der Waals surface area contributed by atoms with Crippen LogP contribution in [0.25, 0.3) is 0 Å². The fourth-order valence-corrected chi connectivity index (χ4v) is 4.31. The van der Waals surface area contributed by atoms with Crippen molar-refractivity contribution >= 4 is 21.4 Å². The molecule has 1 rings (SSSR count). The SMILES string of the molecule is CCCC(C)(C)NS(=O)(=O)c1cc(CO)cs1. The summed E-state index contributed by atoms with van der Waals surface area (Å²) in [5.41, 5.74) is 0.181. The average Bonchev–Trinajstić information content (AvgIpc) is 2.64. The van der Waals surface area contributed by atoms with Crippen LogP contribution >= 0.6 is 11.3 Å². The standard InChI is InChI=1S/C11H19NO3S2/c1-4-5-11(2,3)12-17(14,15)10-6-9(7-13)8-16-10/h6,8,12-13H,4-5,7H2,1-3H3. The molecule has 0 unspecified atom stereocenters. The molecule has 0 saturated carbocycles. The zero-order valence-corrected chi connectivity index (χ0v) is 12.0. The van der Waals surface area contributed by atoms with Gasteiger partial charge in [-0.05, 0) is 37.3 Å². The van der Waals surface area contributed by atoms with Crippen LogP contribution in [0, 0.1) is 0 Å². The molecule has 2 N–H and O–H groups in total. The molecule has 0 fully saturated rings. The van der Waals surface area contributed by atoms with Crippen LogP contribution < -0.4 is 4.72 Å². The van der Waals surface area contributed by atoms with Crippen LogP contribution in [-0.4, -0.2) is 19.1 Å². The summed E-state index contributed by atoms with van der Waals surface area (Å²) in [5, 5.41) is 10.6. The summed E-state index contributed by atoms with van der Waals surface area (Å²) in [5.74, 6) is 0. The van der Waals surface area contributed by atoms with E-state index in [1.54, 1.807) is 5.38 Å². The topological polar surface area (TPSA) is 66.4 Å².